The summed E-state index contributed by atoms with van der Waals surface area (Å²) >= 11 is 0. The molecule has 0 spiro atoms. The summed E-state index contributed by atoms with van der Waals surface area (Å²) in [5.41, 5.74) is 10.9. The molecular weight excluding hydrogens is 171 g/mol. The van der Waals surface area contributed by atoms with Gasteiger partial charge < -0.3 is 11.5 Å². The van der Waals surface area contributed by atoms with Crippen LogP contribution in [0.4, 0.5) is 4.39 Å². The van der Waals surface area contributed by atoms with E-state index in [-0.39, 0.29) is 11.7 Å². The van der Waals surface area contributed by atoms with Crippen molar-refractivity contribution in [2.75, 3.05) is 0 Å². The topological polar surface area (TPSA) is 76.8 Å². The summed E-state index contributed by atoms with van der Waals surface area (Å²) in [7, 11) is 0. The highest BCUT2D eigenvalue weighted by Crippen LogP contribution is 2.02. The Labute approximate surface area is 74.8 Å². The van der Waals surface area contributed by atoms with Crippen LogP contribution in [0.15, 0.2) is 34.5 Å². The Morgan fingerprint density at radius 1 is 1.46 bits per heavy atom. The lowest BCUT2D eigenvalue weighted by atomic mass is 10.2. The first-order valence-electron chi connectivity index (χ1n) is 3.56. The Balaban J connectivity index is 2.94. The maximum Gasteiger partial charge on any atom is 0.153 e. The van der Waals surface area contributed by atoms with Gasteiger partial charge in [-0.2, -0.15) is 0 Å². The van der Waals surface area contributed by atoms with Crippen LogP contribution < -0.4 is 11.5 Å². The zero-order valence-corrected chi connectivity index (χ0v) is 6.81. The Bertz CT molecular complexity index is 346. The summed E-state index contributed by atoms with van der Waals surface area (Å²) in [6.07, 6.45) is 1.01. The largest absolute Gasteiger partial charge is 0.388 e. The third kappa shape index (κ3) is 2.55. The van der Waals surface area contributed by atoms with E-state index in [4.69, 9.17) is 11.5 Å². The van der Waals surface area contributed by atoms with Gasteiger partial charge in [-0.15, -0.1) is 10.2 Å². The molecule has 0 unspecified atom stereocenters. The van der Waals surface area contributed by atoms with Crippen LogP contribution in [0.1, 0.15) is 5.56 Å². The number of amidine groups is 1. The second-order valence-electron chi connectivity index (χ2n) is 2.26. The molecule has 0 saturated carbocycles. The molecule has 0 atom stereocenters. The van der Waals surface area contributed by atoms with Gasteiger partial charge in [0.2, 0.25) is 0 Å². The Kier molecular flexibility index (Phi) is 2.97. The van der Waals surface area contributed by atoms with Gasteiger partial charge in [0.1, 0.15) is 12.2 Å². The fourth-order valence-electron chi connectivity index (χ4n) is 0.801. The number of nitrogens with zero attached hydrogens (tertiary/aromatic N) is 2. The van der Waals surface area contributed by atoms with Crippen molar-refractivity contribution < 1.29 is 4.39 Å². The SMILES string of the molecule is N/C=N\N=C(/N)c1cccc(F)c1. The number of hydrogen-bond acceptors (Lipinski definition) is 2. The van der Waals surface area contributed by atoms with E-state index in [9.17, 15) is 4.39 Å². The molecule has 0 aliphatic rings. The van der Waals surface area contributed by atoms with E-state index in [2.05, 4.69) is 10.2 Å². The van der Waals surface area contributed by atoms with E-state index in [0.29, 0.717) is 5.56 Å². The van der Waals surface area contributed by atoms with Crippen molar-refractivity contribution in [2.45, 2.75) is 0 Å². The summed E-state index contributed by atoms with van der Waals surface area (Å²) in [5.74, 6) is -0.242. The van der Waals surface area contributed by atoms with E-state index in [1.165, 1.54) is 12.1 Å². The van der Waals surface area contributed by atoms with Crippen LogP contribution in [0.5, 0.6) is 0 Å². The molecule has 0 aliphatic carbocycles. The molecule has 4 nitrogen and oxygen atoms in total. The number of rotatable bonds is 2. The normalized spacial score (nSPS) is 12.2. The molecule has 68 valence electrons. The number of hydrogen-bond donors (Lipinski definition) is 2. The Morgan fingerprint density at radius 2 is 2.23 bits per heavy atom. The van der Waals surface area contributed by atoms with Crippen molar-refractivity contribution in [1.29, 1.82) is 0 Å². The van der Waals surface area contributed by atoms with Gasteiger partial charge in [-0.05, 0) is 12.1 Å². The molecule has 0 aromatic heterocycles. The maximum absolute atomic E-state index is 12.7. The average molecular weight is 180 g/mol. The fourth-order valence-corrected chi connectivity index (χ4v) is 0.801. The molecule has 0 fully saturated rings. The van der Waals surface area contributed by atoms with Crippen molar-refractivity contribution in [3.63, 3.8) is 0 Å². The monoisotopic (exact) mass is 180 g/mol. The summed E-state index contributed by atoms with van der Waals surface area (Å²) in [6, 6.07) is 5.76. The molecule has 0 bridgehead atoms. The van der Waals surface area contributed by atoms with Crippen LogP contribution in [0, 0.1) is 5.82 Å². The van der Waals surface area contributed by atoms with Crippen molar-refractivity contribution in [2.24, 2.45) is 21.7 Å². The van der Waals surface area contributed by atoms with E-state index in [1.54, 1.807) is 12.1 Å². The van der Waals surface area contributed by atoms with Crippen LogP contribution in [-0.4, -0.2) is 12.2 Å². The predicted octanol–water partition coefficient (Wildman–Crippen LogP) is 0.433. The molecule has 1 aromatic rings. The van der Waals surface area contributed by atoms with Gasteiger partial charge in [-0.25, -0.2) is 4.39 Å². The molecule has 1 rings (SSSR count). The molecule has 4 N–H and O–H groups in total. The molecule has 0 radical (unpaired) electrons. The van der Waals surface area contributed by atoms with E-state index in [1.807, 2.05) is 0 Å². The number of benzene rings is 1. The number of halogens is 1. The van der Waals surface area contributed by atoms with Gasteiger partial charge in [-0.1, -0.05) is 12.1 Å². The highest BCUT2D eigenvalue weighted by Gasteiger charge is 1.98. The molecule has 13 heavy (non-hydrogen) atoms. The minimum absolute atomic E-state index is 0.126. The summed E-state index contributed by atoms with van der Waals surface area (Å²) in [6.45, 7) is 0. The van der Waals surface area contributed by atoms with Crippen LogP contribution in [0.3, 0.4) is 0 Å². The molecule has 5 heteroatoms. The van der Waals surface area contributed by atoms with Crippen molar-refractivity contribution in [3.05, 3.63) is 35.6 Å². The zero-order chi connectivity index (χ0) is 9.68. The van der Waals surface area contributed by atoms with E-state index >= 15 is 0 Å². The first-order chi connectivity index (χ1) is 6.24. The fraction of sp³-hybridized carbons (Fsp3) is 0. The van der Waals surface area contributed by atoms with Crippen LogP contribution in [0.2, 0.25) is 0 Å². The molecule has 0 saturated heterocycles. The van der Waals surface area contributed by atoms with Crippen molar-refractivity contribution in [1.82, 2.24) is 0 Å². The van der Waals surface area contributed by atoms with Crippen LogP contribution in [0.25, 0.3) is 0 Å². The third-order valence-electron chi connectivity index (χ3n) is 1.35. The quantitative estimate of drug-likeness (QED) is 0.393. The standard InChI is InChI=1S/C8H9FN4/c9-7-3-1-2-6(4-7)8(11)13-12-5-10/h1-5H,(H2,10,12)(H2,11,13). The molecule has 1 aromatic carbocycles. The zero-order valence-electron chi connectivity index (χ0n) is 6.81. The second-order valence-corrected chi connectivity index (χ2v) is 2.26. The van der Waals surface area contributed by atoms with E-state index in [0.717, 1.165) is 6.34 Å². The summed E-state index contributed by atoms with van der Waals surface area (Å²) in [4.78, 5) is 0. The lowest BCUT2D eigenvalue weighted by Crippen LogP contribution is -2.12. The first kappa shape index (κ1) is 9.18. The van der Waals surface area contributed by atoms with Gasteiger partial charge in [-0.3, -0.25) is 0 Å². The van der Waals surface area contributed by atoms with Crippen molar-refractivity contribution in [3.8, 4) is 0 Å². The predicted molar refractivity (Wildman–Crippen MR) is 49.8 cm³/mol. The summed E-state index contributed by atoms with van der Waals surface area (Å²) < 4.78 is 12.7. The lowest BCUT2D eigenvalue weighted by molar-refractivity contribution is 0.627. The molecular formula is C8H9FN4. The van der Waals surface area contributed by atoms with Gasteiger partial charge >= 0.3 is 0 Å². The molecule has 0 heterocycles. The summed E-state index contributed by atoms with van der Waals surface area (Å²) in [5, 5.41) is 6.90. The average Bonchev–Trinajstić information content (AvgIpc) is 2.14. The van der Waals surface area contributed by atoms with Gasteiger partial charge in [0.05, 0.1) is 0 Å². The van der Waals surface area contributed by atoms with Crippen LogP contribution in [-0.2, 0) is 0 Å². The minimum Gasteiger partial charge on any atom is -0.388 e. The van der Waals surface area contributed by atoms with Crippen LogP contribution >= 0.6 is 0 Å². The highest BCUT2D eigenvalue weighted by atomic mass is 19.1. The second kappa shape index (κ2) is 4.20. The maximum atomic E-state index is 12.7. The van der Waals surface area contributed by atoms with Crippen molar-refractivity contribution >= 4 is 12.2 Å². The van der Waals surface area contributed by atoms with Gasteiger partial charge in [0.25, 0.3) is 0 Å². The smallest absolute Gasteiger partial charge is 0.153 e. The lowest BCUT2D eigenvalue weighted by Gasteiger charge is -1.97. The Hall–Kier alpha value is -1.91. The van der Waals surface area contributed by atoms with E-state index < -0.39 is 0 Å². The number of nitrogens with two attached hydrogens (primary N) is 2. The van der Waals surface area contributed by atoms with Gasteiger partial charge in [0, 0.05) is 5.56 Å². The first-order valence-corrected chi connectivity index (χ1v) is 3.56. The molecule has 0 aliphatic heterocycles. The Morgan fingerprint density at radius 3 is 2.85 bits per heavy atom. The third-order valence-corrected chi connectivity index (χ3v) is 1.35. The van der Waals surface area contributed by atoms with Gasteiger partial charge in [0.15, 0.2) is 5.84 Å². The minimum atomic E-state index is -0.368. The highest BCUT2D eigenvalue weighted by molar-refractivity contribution is 5.97. The molecule has 0 amide bonds.